The fourth-order valence-electron chi connectivity index (χ4n) is 2.36. The number of nitrogens with one attached hydrogen (secondary N) is 1. The molecule has 1 aromatic carbocycles. The minimum Gasteiger partial charge on any atom is -0.378 e. The summed E-state index contributed by atoms with van der Waals surface area (Å²) in [5.41, 5.74) is 0.505. The van der Waals surface area contributed by atoms with E-state index in [4.69, 9.17) is 25.4 Å². The molecule has 1 N–H and O–H groups in total. The van der Waals surface area contributed by atoms with Crippen molar-refractivity contribution in [2.45, 2.75) is 13.8 Å². The van der Waals surface area contributed by atoms with Gasteiger partial charge in [0.15, 0.2) is 0 Å². The summed E-state index contributed by atoms with van der Waals surface area (Å²) in [6.07, 6.45) is 1.63. The van der Waals surface area contributed by atoms with E-state index in [-0.39, 0.29) is 18.7 Å². The summed E-state index contributed by atoms with van der Waals surface area (Å²) in [6, 6.07) is 6.42. The molecule has 1 saturated heterocycles. The van der Waals surface area contributed by atoms with Crippen molar-refractivity contribution in [1.82, 2.24) is 10.2 Å². The second kappa shape index (κ2) is 10.1. The second-order valence-electron chi connectivity index (χ2n) is 5.46. The fraction of sp³-hybridized carbons (Fsp3) is 0.471. The Morgan fingerprint density at radius 2 is 1.81 bits per heavy atom. The number of carbonyl (C=O) groups is 1. The van der Waals surface area contributed by atoms with Crippen LogP contribution in [0.2, 0.25) is 5.02 Å². The molecule has 2 rings (SSSR count). The van der Waals surface area contributed by atoms with Crippen molar-refractivity contribution >= 4 is 25.1 Å². The van der Waals surface area contributed by atoms with Gasteiger partial charge >= 0.3 is 7.60 Å². The van der Waals surface area contributed by atoms with Gasteiger partial charge in [0.1, 0.15) is 5.44 Å². The number of nitrogens with zero attached hydrogens (tertiary/aromatic N) is 1. The molecule has 0 atom stereocenters. The van der Waals surface area contributed by atoms with Crippen LogP contribution in [0.1, 0.15) is 24.2 Å². The summed E-state index contributed by atoms with van der Waals surface area (Å²) >= 11 is 5.86. The van der Waals surface area contributed by atoms with Crippen LogP contribution in [0.5, 0.6) is 0 Å². The summed E-state index contributed by atoms with van der Waals surface area (Å²) in [4.78, 5) is 14.5. The van der Waals surface area contributed by atoms with Crippen LogP contribution in [0.3, 0.4) is 0 Å². The van der Waals surface area contributed by atoms with E-state index in [1.807, 2.05) is 4.90 Å². The van der Waals surface area contributed by atoms with E-state index >= 15 is 0 Å². The molecule has 0 unspecified atom stereocenters. The van der Waals surface area contributed by atoms with Crippen LogP contribution >= 0.6 is 19.2 Å². The molecule has 26 heavy (non-hydrogen) atoms. The summed E-state index contributed by atoms with van der Waals surface area (Å²) < 4.78 is 29.3. The molecular weight excluding hydrogens is 379 g/mol. The van der Waals surface area contributed by atoms with Gasteiger partial charge < -0.3 is 24.0 Å². The lowest BCUT2D eigenvalue weighted by atomic mass is 10.2. The van der Waals surface area contributed by atoms with Gasteiger partial charge in [-0.1, -0.05) is 11.6 Å². The zero-order chi connectivity index (χ0) is 19.0. The zero-order valence-electron chi connectivity index (χ0n) is 14.9. The Labute approximate surface area is 158 Å². The smallest absolute Gasteiger partial charge is 0.378 e. The molecule has 1 amide bonds. The van der Waals surface area contributed by atoms with Crippen LogP contribution in [0, 0.1) is 0 Å². The number of hydrogen-bond donors (Lipinski definition) is 1. The molecule has 1 aliphatic rings. The normalized spacial score (nSPS) is 15.8. The van der Waals surface area contributed by atoms with Gasteiger partial charge in [0.2, 0.25) is 0 Å². The second-order valence-corrected chi connectivity index (χ2v) is 7.89. The first-order valence-corrected chi connectivity index (χ1v) is 10.4. The van der Waals surface area contributed by atoms with E-state index in [0.29, 0.717) is 36.9 Å². The molecule has 0 spiro atoms. The van der Waals surface area contributed by atoms with Crippen molar-refractivity contribution in [3.05, 3.63) is 46.5 Å². The molecule has 0 aromatic heterocycles. The molecule has 0 saturated carbocycles. The van der Waals surface area contributed by atoms with Crippen molar-refractivity contribution in [1.29, 1.82) is 0 Å². The highest BCUT2D eigenvalue weighted by Gasteiger charge is 2.32. The van der Waals surface area contributed by atoms with Gasteiger partial charge in [0.25, 0.3) is 5.91 Å². The number of rotatable bonds is 8. The highest BCUT2D eigenvalue weighted by molar-refractivity contribution is 7.58. The molecule has 7 nitrogen and oxygen atoms in total. The minimum absolute atomic E-state index is 0.114. The van der Waals surface area contributed by atoms with Crippen LogP contribution in [-0.4, -0.2) is 50.3 Å². The molecule has 0 bridgehead atoms. The van der Waals surface area contributed by atoms with Gasteiger partial charge in [-0.2, -0.15) is 0 Å². The van der Waals surface area contributed by atoms with Crippen molar-refractivity contribution in [3.8, 4) is 0 Å². The molecule has 1 aromatic rings. The molecule has 1 aliphatic heterocycles. The number of amides is 1. The Morgan fingerprint density at radius 3 is 2.35 bits per heavy atom. The maximum absolute atomic E-state index is 13.2. The Bertz CT molecular complexity index is 664. The van der Waals surface area contributed by atoms with E-state index in [1.54, 1.807) is 44.3 Å². The van der Waals surface area contributed by atoms with Crippen molar-refractivity contribution in [2.24, 2.45) is 0 Å². The van der Waals surface area contributed by atoms with Crippen molar-refractivity contribution in [3.63, 3.8) is 0 Å². The van der Waals surface area contributed by atoms with Gasteiger partial charge in [-0.25, -0.2) is 0 Å². The third kappa shape index (κ3) is 5.83. The average molecular weight is 403 g/mol. The molecule has 144 valence electrons. The fourth-order valence-corrected chi connectivity index (χ4v) is 4.06. The number of ether oxygens (including phenoxy) is 1. The van der Waals surface area contributed by atoms with E-state index in [2.05, 4.69) is 5.32 Å². The van der Waals surface area contributed by atoms with Gasteiger partial charge in [-0.3, -0.25) is 9.36 Å². The Morgan fingerprint density at radius 1 is 1.23 bits per heavy atom. The maximum atomic E-state index is 13.2. The summed E-state index contributed by atoms with van der Waals surface area (Å²) in [6.45, 7) is 6.18. The average Bonchev–Trinajstić information content (AvgIpc) is 2.63. The summed E-state index contributed by atoms with van der Waals surface area (Å²) in [5, 5.41) is 3.22. The topological polar surface area (TPSA) is 77.1 Å². The van der Waals surface area contributed by atoms with Gasteiger partial charge in [-0.15, -0.1) is 0 Å². The lowest BCUT2D eigenvalue weighted by molar-refractivity contribution is 0.0588. The van der Waals surface area contributed by atoms with E-state index < -0.39 is 13.5 Å². The minimum atomic E-state index is -3.66. The Kier molecular flexibility index (Phi) is 8.13. The highest BCUT2D eigenvalue weighted by atomic mass is 35.5. The van der Waals surface area contributed by atoms with Crippen LogP contribution in [0.15, 0.2) is 35.9 Å². The van der Waals surface area contributed by atoms with E-state index in [1.165, 1.54) is 0 Å². The predicted octanol–water partition coefficient (Wildman–Crippen LogP) is 3.47. The number of hydrogen-bond acceptors (Lipinski definition) is 6. The number of carbonyl (C=O) groups excluding carboxylic acids is 1. The molecule has 0 aliphatic carbocycles. The maximum Gasteiger partial charge on any atom is 0.378 e. The third-order valence-corrected chi connectivity index (χ3v) is 5.86. The lowest BCUT2D eigenvalue weighted by Gasteiger charge is -2.28. The number of halogens is 1. The molecule has 9 heteroatoms. The highest BCUT2D eigenvalue weighted by Crippen LogP contribution is 2.54. The molecule has 1 fully saturated rings. The first-order chi connectivity index (χ1) is 12.5. The lowest BCUT2D eigenvalue weighted by Crippen LogP contribution is -2.34. The molecule has 0 radical (unpaired) electrons. The first kappa shape index (κ1) is 20.9. The predicted molar refractivity (Wildman–Crippen MR) is 100 cm³/mol. The van der Waals surface area contributed by atoms with Gasteiger partial charge in [0.05, 0.1) is 26.4 Å². The Balaban J connectivity index is 2.29. The van der Waals surface area contributed by atoms with Crippen molar-refractivity contribution < 1.29 is 23.1 Å². The first-order valence-electron chi connectivity index (χ1n) is 8.48. The molecular formula is C17H24ClN2O5P. The standard InChI is InChI=1S/C17H24ClN2O5P/c1-3-24-26(22,25-4-2)16(13-20-9-11-23-12-10-20)19-17(21)14-5-7-15(18)8-6-14/h5-8,13H,3-4,9-12H2,1-2H3,(H,19,21)/b16-13+. The third-order valence-electron chi connectivity index (χ3n) is 3.59. The summed E-state index contributed by atoms with van der Waals surface area (Å²) in [5.74, 6) is -0.416. The number of benzene rings is 1. The Hall–Kier alpha value is -1.37. The summed E-state index contributed by atoms with van der Waals surface area (Å²) in [7, 11) is -3.66. The van der Waals surface area contributed by atoms with E-state index in [9.17, 15) is 9.36 Å². The van der Waals surface area contributed by atoms with E-state index in [0.717, 1.165) is 0 Å². The van der Waals surface area contributed by atoms with Gasteiger partial charge in [0, 0.05) is 29.9 Å². The monoisotopic (exact) mass is 402 g/mol. The van der Waals surface area contributed by atoms with Gasteiger partial charge in [-0.05, 0) is 38.1 Å². The van der Waals surface area contributed by atoms with Crippen LogP contribution in [-0.2, 0) is 18.3 Å². The SMILES string of the molecule is CCOP(=O)(OCC)/C(=C/N1CCOCC1)NC(=O)c1ccc(Cl)cc1. The molecule has 1 heterocycles. The van der Waals surface area contributed by atoms with Crippen molar-refractivity contribution in [2.75, 3.05) is 39.5 Å². The quantitative estimate of drug-likeness (QED) is 0.671. The van der Waals surface area contributed by atoms with Crippen LogP contribution in [0.4, 0.5) is 0 Å². The number of morpholine rings is 1. The largest absolute Gasteiger partial charge is 0.378 e. The zero-order valence-corrected chi connectivity index (χ0v) is 16.6. The van der Waals surface area contributed by atoms with Crippen LogP contribution < -0.4 is 5.32 Å². The van der Waals surface area contributed by atoms with Crippen LogP contribution in [0.25, 0.3) is 0 Å².